The molecule has 26 heavy (non-hydrogen) atoms. The molecule has 3 aromatic rings. The zero-order chi connectivity index (χ0) is 18.5. The molecule has 0 aliphatic carbocycles. The van der Waals surface area contributed by atoms with Crippen LogP contribution in [0.4, 0.5) is 5.69 Å². The zero-order valence-corrected chi connectivity index (χ0v) is 15.5. The average Bonchev–Trinajstić information content (AvgIpc) is 2.64. The summed E-state index contributed by atoms with van der Waals surface area (Å²) < 4.78 is 17.3. The largest absolute Gasteiger partial charge is 0.493 e. The fourth-order valence-corrected chi connectivity index (χ4v) is 2.69. The SMILES string of the molecule is CCCCOc1cc2nccc(Oc3ccc(N)c(Cl)c3)c2cc1OC. The van der Waals surface area contributed by atoms with Gasteiger partial charge >= 0.3 is 0 Å². The Morgan fingerprint density at radius 2 is 1.92 bits per heavy atom. The van der Waals surface area contributed by atoms with Crippen molar-refractivity contribution in [3.05, 3.63) is 47.6 Å². The van der Waals surface area contributed by atoms with Gasteiger partial charge in [0.2, 0.25) is 0 Å². The van der Waals surface area contributed by atoms with E-state index in [0.717, 1.165) is 23.7 Å². The number of anilines is 1. The van der Waals surface area contributed by atoms with Crippen molar-refractivity contribution in [1.82, 2.24) is 4.98 Å². The van der Waals surface area contributed by atoms with E-state index in [0.29, 0.717) is 40.3 Å². The van der Waals surface area contributed by atoms with Crippen molar-refractivity contribution < 1.29 is 14.2 Å². The van der Waals surface area contributed by atoms with E-state index in [-0.39, 0.29) is 0 Å². The summed E-state index contributed by atoms with van der Waals surface area (Å²) in [5, 5.41) is 1.27. The Bertz CT molecular complexity index is 915. The lowest BCUT2D eigenvalue weighted by atomic mass is 10.1. The molecule has 0 unspecified atom stereocenters. The maximum atomic E-state index is 6.07. The molecule has 6 heteroatoms. The third kappa shape index (κ3) is 3.94. The van der Waals surface area contributed by atoms with E-state index < -0.39 is 0 Å². The number of rotatable bonds is 7. The Morgan fingerprint density at radius 3 is 2.65 bits per heavy atom. The molecular weight excluding hydrogens is 352 g/mol. The Morgan fingerprint density at radius 1 is 1.08 bits per heavy atom. The van der Waals surface area contributed by atoms with Crippen LogP contribution >= 0.6 is 11.6 Å². The first-order valence-electron chi connectivity index (χ1n) is 8.44. The minimum absolute atomic E-state index is 0.449. The third-order valence-corrected chi connectivity index (χ3v) is 4.27. The third-order valence-electron chi connectivity index (χ3n) is 3.94. The van der Waals surface area contributed by atoms with Crippen molar-refractivity contribution >= 4 is 28.2 Å². The molecule has 5 nitrogen and oxygen atoms in total. The molecular formula is C20H21ClN2O3. The maximum Gasteiger partial charge on any atom is 0.163 e. The van der Waals surface area contributed by atoms with Crippen molar-refractivity contribution in [3.63, 3.8) is 0 Å². The van der Waals surface area contributed by atoms with Crippen LogP contribution in [-0.2, 0) is 0 Å². The maximum absolute atomic E-state index is 6.07. The molecule has 0 saturated heterocycles. The number of nitrogens with zero attached hydrogens (tertiary/aromatic N) is 1. The number of methoxy groups -OCH3 is 1. The van der Waals surface area contributed by atoms with Gasteiger partial charge in [0.05, 0.1) is 29.9 Å². The summed E-state index contributed by atoms with van der Waals surface area (Å²) >= 11 is 6.07. The number of unbranched alkanes of at least 4 members (excludes halogenated alkanes) is 1. The number of ether oxygens (including phenoxy) is 3. The molecule has 3 rings (SSSR count). The number of nitrogens with two attached hydrogens (primary N) is 1. The van der Waals surface area contributed by atoms with Gasteiger partial charge in [-0.15, -0.1) is 0 Å². The number of pyridine rings is 1. The molecule has 2 aromatic carbocycles. The van der Waals surface area contributed by atoms with E-state index in [1.54, 1.807) is 37.6 Å². The Kier molecular flexibility index (Phi) is 5.68. The second kappa shape index (κ2) is 8.15. The second-order valence-corrected chi connectivity index (χ2v) is 6.22. The first-order valence-corrected chi connectivity index (χ1v) is 8.82. The standard InChI is InChI=1S/C20H21ClN2O3/c1-3-4-9-25-20-12-17-14(11-19(20)24-2)18(7-8-23-17)26-13-5-6-16(22)15(21)10-13/h5-8,10-12H,3-4,9,22H2,1-2H3. The highest BCUT2D eigenvalue weighted by Crippen LogP contribution is 2.37. The molecule has 0 spiro atoms. The predicted octanol–water partition coefficient (Wildman–Crippen LogP) is 5.45. The topological polar surface area (TPSA) is 66.6 Å². The van der Waals surface area contributed by atoms with Crippen molar-refractivity contribution in [2.24, 2.45) is 0 Å². The highest BCUT2D eigenvalue weighted by Gasteiger charge is 2.12. The molecule has 0 atom stereocenters. The molecule has 0 saturated carbocycles. The average molecular weight is 373 g/mol. The molecule has 0 aliphatic rings. The van der Waals surface area contributed by atoms with Crippen LogP contribution < -0.4 is 19.9 Å². The van der Waals surface area contributed by atoms with Gasteiger partial charge in [0.25, 0.3) is 0 Å². The van der Waals surface area contributed by atoms with Crippen LogP contribution in [0, 0.1) is 0 Å². The van der Waals surface area contributed by atoms with Crippen molar-refractivity contribution in [2.45, 2.75) is 19.8 Å². The molecule has 0 fully saturated rings. The van der Waals surface area contributed by atoms with Crippen LogP contribution in [0.25, 0.3) is 10.9 Å². The summed E-state index contributed by atoms with van der Waals surface area (Å²) in [6, 6.07) is 10.7. The van der Waals surface area contributed by atoms with Crippen LogP contribution in [0.2, 0.25) is 5.02 Å². The van der Waals surface area contributed by atoms with Gasteiger partial charge in [0.1, 0.15) is 11.5 Å². The van der Waals surface area contributed by atoms with Gasteiger partial charge in [-0.25, -0.2) is 0 Å². The summed E-state index contributed by atoms with van der Waals surface area (Å²) in [6.07, 6.45) is 3.74. The van der Waals surface area contributed by atoms with Gasteiger partial charge in [-0.3, -0.25) is 4.98 Å². The lowest BCUT2D eigenvalue weighted by molar-refractivity contribution is 0.289. The lowest BCUT2D eigenvalue weighted by Gasteiger charge is -2.14. The van der Waals surface area contributed by atoms with Gasteiger partial charge in [0, 0.05) is 23.7 Å². The Balaban J connectivity index is 1.97. The van der Waals surface area contributed by atoms with Crippen LogP contribution in [-0.4, -0.2) is 18.7 Å². The number of hydrogen-bond acceptors (Lipinski definition) is 5. The van der Waals surface area contributed by atoms with Crippen LogP contribution in [0.3, 0.4) is 0 Å². The summed E-state index contributed by atoms with van der Waals surface area (Å²) in [5.41, 5.74) is 7.02. The molecule has 2 N–H and O–H groups in total. The van der Waals surface area contributed by atoms with Crippen molar-refractivity contribution in [1.29, 1.82) is 0 Å². The summed E-state index contributed by atoms with van der Waals surface area (Å²) in [4.78, 5) is 4.42. The molecule has 1 aromatic heterocycles. The summed E-state index contributed by atoms with van der Waals surface area (Å²) in [7, 11) is 1.62. The predicted molar refractivity (Wildman–Crippen MR) is 105 cm³/mol. The quantitative estimate of drug-likeness (QED) is 0.441. The van der Waals surface area contributed by atoms with Crippen LogP contribution in [0.5, 0.6) is 23.0 Å². The molecule has 0 radical (unpaired) electrons. The molecule has 0 aliphatic heterocycles. The summed E-state index contributed by atoms with van der Waals surface area (Å²) in [5.74, 6) is 2.56. The Hall–Kier alpha value is -2.66. The minimum Gasteiger partial charge on any atom is -0.493 e. The van der Waals surface area contributed by atoms with Crippen molar-refractivity contribution in [3.8, 4) is 23.0 Å². The number of halogens is 1. The normalized spacial score (nSPS) is 10.7. The van der Waals surface area contributed by atoms with Crippen LogP contribution in [0.1, 0.15) is 19.8 Å². The smallest absolute Gasteiger partial charge is 0.163 e. The van der Waals surface area contributed by atoms with Crippen LogP contribution in [0.15, 0.2) is 42.6 Å². The second-order valence-electron chi connectivity index (χ2n) is 5.82. The first-order chi connectivity index (χ1) is 12.6. The van der Waals surface area contributed by atoms with E-state index in [1.165, 1.54) is 0 Å². The lowest BCUT2D eigenvalue weighted by Crippen LogP contribution is -1.99. The van der Waals surface area contributed by atoms with Gasteiger partial charge in [-0.1, -0.05) is 24.9 Å². The van der Waals surface area contributed by atoms with E-state index in [9.17, 15) is 0 Å². The number of hydrogen-bond donors (Lipinski definition) is 1. The monoisotopic (exact) mass is 372 g/mol. The first kappa shape index (κ1) is 18.1. The number of benzene rings is 2. The Labute approximate surface area is 157 Å². The fraction of sp³-hybridized carbons (Fsp3) is 0.250. The molecule has 0 bridgehead atoms. The fourth-order valence-electron chi connectivity index (χ4n) is 2.51. The van der Waals surface area contributed by atoms with E-state index >= 15 is 0 Å². The highest BCUT2D eigenvalue weighted by molar-refractivity contribution is 6.33. The number of nitrogen functional groups attached to an aromatic ring is 1. The van der Waals surface area contributed by atoms with Gasteiger partial charge < -0.3 is 19.9 Å². The molecule has 136 valence electrons. The minimum atomic E-state index is 0.449. The van der Waals surface area contributed by atoms with Gasteiger partial charge in [-0.05, 0) is 30.7 Å². The van der Waals surface area contributed by atoms with E-state index in [2.05, 4.69) is 11.9 Å². The summed E-state index contributed by atoms with van der Waals surface area (Å²) in [6.45, 7) is 2.76. The number of fused-ring (bicyclic) bond motifs is 1. The zero-order valence-electron chi connectivity index (χ0n) is 14.8. The molecule has 1 heterocycles. The highest BCUT2D eigenvalue weighted by atomic mass is 35.5. The number of aromatic nitrogens is 1. The van der Waals surface area contributed by atoms with Gasteiger partial charge in [0.15, 0.2) is 11.5 Å². The van der Waals surface area contributed by atoms with Crippen molar-refractivity contribution in [2.75, 3.05) is 19.5 Å². The van der Waals surface area contributed by atoms with Gasteiger partial charge in [-0.2, -0.15) is 0 Å². The molecule has 0 amide bonds. The van der Waals surface area contributed by atoms with E-state index in [1.807, 2.05) is 12.1 Å². The van der Waals surface area contributed by atoms with E-state index in [4.69, 9.17) is 31.5 Å².